The van der Waals surface area contributed by atoms with E-state index in [-0.39, 0.29) is 69.2 Å². The molecule has 0 saturated heterocycles. The molecule has 5 rings (SSSR count). The molecule has 0 aliphatic carbocycles. The summed E-state index contributed by atoms with van der Waals surface area (Å²) >= 11 is 1.40. The van der Waals surface area contributed by atoms with Crippen molar-refractivity contribution in [3.8, 4) is 0 Å². The first-order valence-electron chi connectivity index (χ1n) is 31.6. The Balaban J connectivity index is 1.02. The molecule has 0 saturated carbocycles. The highest BCUT2D eigenvalue weighted by atomic mass is 32.2. The Morgan fingerprint density at radius 2 is 0.716 bits per heavy atom. The number of thioether (sulfide) groups is 1. The maximum Gasteiger partial charge on any atom is 0.326 e. The summed E-state index contributed by atoms with van der Waals surface area (Å²) in [6.07, 6.45) is 3.31. The minimum atomic E-state index is -1.53. The molecule has 5 aromatic rings. The number of aliphatic carboxylic acids is 4. The molecule has 5 unspecified atom stereocenters. The fraction of sp³-hybridized carbons (Fsp3) is 0.391. The number of carbonyl (C=O) groups excluding carboxylic acids is 8. The second-order valence-corrected chi connectivity index (χ2v) is 23.7. The summed E-state index contributed by atoms with van der Waals surface area (Å²) in [6, 6.07) is 39.1. The van der Waals surface area contributed by atoms with Gasteiger partial charge in [0.05, 0.1) is 23.6 Å². The average Bonchev–Trinajstić information content (AvgIpc) is 0.768. The average molecular weight is 1330 g/mol. The Kier molecular flexibility index (Phi) is 33.0. The Hall–Kier alpha value is -10.1. The van der Waals surface area contributed by atoms with Crippen LogP contribution in [0.3, 0.4) is 0 Å². The number of rotatable bonds is 44. The maximum atomic E-state index is 14.3. The van der Waals surface area contributed by atoms with Crippen molar-refractivity contribution in [2.75, 3.05) is 31.9 Å². The molecule has 95 heavy (non-hydrogen) atoms. The molecule has 0 fully saturated rings. The third-order valence-corrected chi connectivity index (χ3v) is 16.8. The maximum absolute atomic E-state index is 14.3. The number of urea groups is 1. The fourth-order valence-electron chi connectivity index (χ4n) is 10.2. The minimum Gasteiger partial charge on any atom is -0.481 e. The monoisotopic (exact) mass is 1330 g/mol. The van der Waals surface area contributed by atoms with Crippen LogP contribution in [0.2, 0.25) is 0 Å². The summed E-state index contributed by atoms with van der Waals surface area (Å²) in [5.74, 6) is -9.22. The normalized spacial score (nSPS) is 12.5. The SMILES string of the molecule is O=C(O)CCC(NC(=O)NC(CCCCNC(=O)CCCCCCC(=O)NCCCCC(NC(=O)C(Cc1ccccc1)NC(=O)C(Cc1ccccc1)NC(=O)CNC(=O)CNC(=O)CSC(c1ccccc1)(c1ccccc1)c1ccccc1)C(=O)O)C(=O)O)C(=O)O. The van der Waals surface area contributed by atoms with Crippen LogP contribution in [0.1, 0.15) is 118 Å². The van der Waals surface area contributed by atoms with Crippen molar-refractivity contribution in [3.05, 3.63) is 179 Å². The zero-order valence-electron chi connectivity index (χ0n) is 52.8. The van der Waals surface area contributed by atoms with Crippen LogP contribution in [0.25, 0.3) is 0 Å². The first-order chi connectivity index (χ1) is 45.7. The minimum absolute atomic E-state index is 0.00434. The quantitative estimate of drug-likeness (QED) is 0.0181. The van der Waals surface area contributed by atoms with Crippen molar-refractivity contribution in [3.63, 3.8) is 0 Å². The van der Waals surface area contributed by atoms with Crippen LogP contribution in [0.5, 0.6) is 0 Å². The lowest BCUT2D eigenvalue weighted by molar-refractivity contribution is -0.143. The largest absolute Gasteiger partial charge is 0.481 e. The Morgan fingerprint density at radius 1 is 0.347 bits per heavy atom. The molecular weight excluding hydrogens is 1240 g/mol. The molecule has 0 bridgehead atoms. The Bertz CT molecular complexity index is 3200. The van der Waals surface area contributed by atoms with Gasteiger partial charge in [0, 0.05) is 45.2 Å². The summed E-state index contributed by atoms with van der Waals surface area (Å²) in [4.78, 5) is 152. The first kappa shape index (κ1) is 75.6. The second kappa shape index (κ2) is 41.5. The van der Waals surface area contributed by atoms with Crippen molar-refractivity contribution in [1.29, 1.82) is 0 Å². The van der Waals surface area contributed by atoms with Gasteiger partial charge in [-0.25, -0.2) is 19.2 Å². The molecule has 0 radical (unpaired) electrons. The third-order valence-electron chi connectivity index (χ3n) is 15.2. The van der Waals surface area contributed by atoms with Gasteiger partial charge in [0.2, 0.25) is 41.4 Å². The molecule has 9 amide bonds. The molecule has 5 atom stereocenters. The summed E-state index contributed by atoms with van der Waals surface area (Å²) in [5, 5.41) is 60.6. The lowest BCUT2D eigenvalue weighted by Crippen LogP contribution is -2.57. The van der Waals surface area contributed by atoms with E-state index in [2.05, 4.69) is 47.9 Å². The molecule has 0 heterocycles. The van der Waals surface area contributed by atoms with E-state index in [1.807, 2.05) is 91.0 Å². The zero-order chi connectivity index (χ0) is 68.8. The van der Waals surface area contributed by atoms with Gasteiger partial charge in [-0.1, -0.05) is 165 Å². The number of carboxylic acid groups (broad SMARTS) is 4. The number of amides is 9. The highest BCUT2D eigenvalue weighted by Gasteiger charge is 2.38. The van der Waals surface area contributed by atoms with Gasteiger partial charge in [-0.3, -0.25) is 38.4 Å². The van der Waals surface area contributed by atoms with Gasteiger partial charge in [-0.05, 0) is 85.6 Å². The first-order valence-corrected chi connectivity index (χ1v) is 32.5. The molecule has 13 N–H and O–H groups in total. The van der Waals surface area contributed by atoms with Crippen LogP contribution in [0.4, 0.5) is 4.79 Å². The predicted molar refractivity (Wildman–Crippen MR) is 354 cm³/mol. The van der Waals surface area contributed by atoms with Crippen LogP contribution < -0.4 is 47.9 Å². The van der Waals surface area contributed by atoms with E-state index < -0.39 is 120 Å². The van der Waals surface area contributed by atoms with Gasteiger partial charge in [-0.15, -0.1) is 11.8 Å². The highest BCUT2D eigenvalue weighted by molar-refractivity contribution is 8.01. The topological polar surface area (TPSA) is 394 Å². The molecule has 26 heteroatoms. The van der Waals surface area contributed by atoms with Gasteiger partial charge in [-0.2, -0.15) is 0 Å². The van der Waals surface area contributed by atoms with Crippen LogP contribution >= 0.6 is 11.8 Å². The van der Waals surface area contributed by atoms with Gasteiger partial charge in [0.25, 0.3) is 0 Å². The fourth-order valence-corrected chi connectivity index (χ4v) is 11.6. The van der Waals surface area contributed by atoms with Crippen LogP contribution in [0, 0.1) is 0 Å². The number of hydrogen-bond donors (Lipinski definition) is 13. The van der Waals surface area contributed by atoms with E-state index in [0.29, 0.717) is 62.5 Å². The zero-order valence-corrected chi connectivity index (χ0v) is 53.6. The number of unbranched alkanes of at least 4 members (excludes halogenated alkanes) is 5. The number of carbonyl (C=O) groups is 12. The molecule has 0 aromatic heterocycles. The van der Waals surface area contributed by atoms with Crippen LogP contribution in [-0.2, 0) is 70.3 Å². The van der Waals surface area contributed by atoms with Gasteiger partial charge < -0.3 is 68.3 Å². The van der Waals surface area contributed by atoms with E-state index >= 15 is 0 Å². The molecule has 0 aliphatic rings. The number of benzene rings is 5. The Labute approximate surface area is 555 Å². The van der Waals surface area contributed by atoms with Crippen molar-refractivity contribution in [2.24, 2.45) is 0 Å². The lowest BCUT2D eigenvalue weighted by atomic mass is 9.84. The smallest absolute Gasteiger partial charge is 0.326 e. The summed E-state index contributed by atoms with van der Waals surface area (Å²) in [7, 11) is 0. The van der Waals surface area contributed by atoms with E-state index in [4.69, 9.17) is 5.11 Å². The van der Waals surface area contributed by atoms with E-state index in [9.17, 15) is 72.9 Å². The van der Waals surface area contributed by atoms with Gasteiger partial charge in [0.1, 0.15) is 30.2 Å². The van der Waals surface area contributed by atoms with Crippen LogP contribution in [-0.4, -0.2) is 154 Å². The number of hydrogen-bond acceptors (Lipinski definition) is 13. The van der Waals surface area contributed by atoms with E-state index in [1.54, 1.807) is 60.7 Å². The second-order valence-electron chi connectivity index (χ2n) is 22.5. The molecule has 5 aromatic carbocycles. The Morgan fingerprint density at radius 3 is 1.14 bits per heavy atom. The van der Waals surface area contributed by atoms with Crippen molar-refractivity contribution in [1.82, 2.24) is 47.9 Å². The highest BCUT2D eigenvalue weighted by Crippen LogP contribution is 2.48. The van der Waals surface area contributed by atoms with E-state index in [1.165, 1.54) is 11.8 Å². The molecule has 25 nitrogen and oxygen atoms in total. The lowest BCUT2D eigenvalue weighted by Gasteiger charge is -2.35. The van der Waals surface area contributed by atoms with E-state index in [0.717, 1.165) is 16.7 Å². The number of nitrogens with one attached hydrogen (secondary N) is 9. The molecule has 0 spiro atoms. The predicted octanol–water partition coefficient (Wildman–Crippen LogP) is 4.95. The molecule has 508 valence electrons. The number of carboxylic acids is 4. The third kappa shape index (κ3) is 27.9. The van der Waals surface area contributed by atoms with Crippen molar-refractivity contribution >= 4 is 83.0 Å². The summed E-state index contributed by atoms with van der Waals surface area (Å²) in [6.45, 7) is -0.508. The molecular formula is C69H85N9O16S. The van der Waals surface area contributed by atoms with Gasteiger partial charge >= 0.3 is 29.9 Å². The summed E-state index contributed by atoms with van der Waals surface area (Å²) < 4.78 is -0.777. The van der Waals surface area contributed by atoms with Crippen LogP contribution in [0.15, 0.2) is 152 Å². The standard InChI is InChI=1S/C69H85N9O16S/c79-57(36-18-1-2-19-37-58(80)71-41-23-21-35-53(66(90)91)77-68(94)78-54(67(92)93)38-39-62(84)85)70-40-22-20-34-52(65(88)89)75-64(87)56(43-48-26-10-4-11-27-48)76-63(86)55(42-47-24-8-3-9-25-47)74-60(82)45-72-59(81)44-73-61(83)46-95-69(49-28-12-5-13-29-49,50-30-14-6-15-31-50)51-32-16-7-17-33-51/h3-17,24-33,52-56H,1-2,18-23,34-46H2,(H,70,79)(H,71,80)(H,72,81)(H,73,83)(H,74,82)(H,75,87)(H,76,86)(H,84,85)(H,88,89)(H,90,91)(H,92,93)(H2,77,78,94). The van der Waals surface area contributed by atoms with Crippen molar-refractivity contribution < 1.29 is 78.0 Å². The molecule has 0 aliphatic heterocycles. The van der Waals surface area contributed by atoms with Gasteiger partial charge in [0.15, 0.2) is 0 Å². The van der Waals surface area contributed by atoms with Crippen molar-refractivity contribution in [2.45, 2.75) is 138 Å². The summed E-state index contributed by atoms with van der Waals surface area (Å²) in [5.41, 5.74) is 4.18.